The molecule has 18 heavy (non-hydrogen) atoms. The summed E-state index contributed by atoms with van der Waals surface area (Å²) in [5, 5.41) is 0.622. The van der Waals surface area contributed by atoms with Crippen molar-refractivity contribution in [2.45, 2.75) is 0 Å². The molecule has 0 saturated heterocycles. The number of anilines is 1. The molecule has 1 aromatic carbocycles. The first-order chi connectivity index (χ1) is 8.63. The van der Waals surface area contributed by atoms with Crippen LogP contribution in [0.2, 0.25) is 0 Å². The third-order valence-electron chi connectivity index (χ3n) is 2.45. The summed E-state index contributed by atoms with van der Waals surface area (Å²) in [6, 6.07) is 8.39. The van der Waals surface area contributed by atoms with Crippen LogP contribution < -0.4 is 5.73 Å². The third-order valence-corrected chi connectivity index (χ3v) is 4.04. The van der Waals surface area contributed by atoms with Gasteiger partial charge in [-0.1, -0.05) is 11.3 Å². The second-order valence-electron chi connectivity index (χ2n) is 3.72. The van der Waals surface area contributed by atoms with E-state index < -0.39 is 0 Å². The molecule has 6 heteroatoms. The zero-order chi connectivity index (χ0) is 12.7. The van der Waals surface area contributed by atoms with E-state index in [1.54, 1.807) is 12.1 Å². The van der Waals surface area contributed by atoms with E-state index in [1.807, 2.05) is 12.1 Å². The van der Waals surface area contributed by atoms with E-state index in [1.165, 1.54) is 17.4 Å². The highest BCUT2D eigenvalue weighted by molar-refractivity contribution is 14.1. The number of nitrogens with two attached hydrogens (primary N) is 1. The van der Waals surface area contributed by atoms with Crippen molar-refractivity contribution >= 4 is 50.0 Å². The number of fused-ring (bicyclic) bond motifs is 1. The highest BCUT2D eigenvalue weighted by Crippen LogP contribution is 2.31. The van der Waals surface area contributed by atoms with Crippen LogP contribution in [0, 0.1) is 9.52 Å². The molecule has 2 heterocycles. The maximum atomic E-state index is 13.8. The van der Waals surface area contributed by atoms with E-state index in [0.717, 1.165) is 14.0 Å². The molecular weight excluding hydrogens is 364 g/mol. The molecule has 0 aliphatic carbocycles. The van der Waals surface area contributed by atoms with Crippen molar-refractivity contribution in [2.24, 2.45) is 0 Å². The van der Waals surface area contributed by atoms with Crippen molar-refractivity contribution in [1.29, 1.82) is 0 Å². The van der Waals surface area contributed by atoms with Gasteiger partial charge in [-0.25, -0.2) is 14.4 Å². The Morgan fingerprint density at radius 3 is 2.78 bits per heavy atom. The lowest BCUT2D eigenvalue weighted by Gasteiger charge is -1.99. The molecule has 0 spiro atoms. The van der Waals surface area contributed by atoms with Gasteiger partial charge in [0.2, 0.25) is 0 Å². The highest BCUT2D eigenvalue weighted by Gasteiger charge is 2.11. The molecule has 0 radical (unpaired) electrons. The predicted molar refractivity (Wildman–Crippen MR) is 79.9 cm³/mol. The number of nitrogen functional groups attached to an aromatic ring is 1. The lowest BCUT2D eigenvalue weighted by Crippen LogP contribution is -1.88. The summed E-state index contributed by atoms with van der Waals surface area (Å²) < 4.78 is 14.7. The van der Waals surface area contributed by atoms with Crippen LogP contribution in [0.5, 0.6) is 0 Å². The van der Waals surface area contributed by atoms with E-state index in [2.05, 4.69) is 32.6 Å². The largest absolute Gasteiger partial charge is 0.399 e. The topological polar surface area (TPSA) is 51.8 Å². The van der Waals surface area contributed by atoms with Gasteiger partial charge in [0.15, 0.2) is 0 Å². The molecule has 0 saturated carbocycles. The van der Waals surface area contributed by atoms with Crippen LogP contribution in [0.3, 0.4) is 0 Å². The summed E-state index contributed by atoms with van der Waals surface area (Å²) in [6.07, 6.45) is 0. The van der Waals surface area contributed by atoms with Crippen molar-refractivity contribution in [3.63, 3.8) is 0 Å². The van der Waals surface area contributed by atoms with Crippen LogP contribution in [-0.2, 0) is 0 Å². The Morgan fingerprint density at radius 1 is 1.17 bits per heavy atom. The van der Waals surface area contributed by atoms with Gasteiger partial charge in [0, 0.05) is 11.3 Å². The summed E-state index contributed by atoms with van der Waals surface area (Å²) in [6.45, 7) is 0. The minimum atomic E-state index is -0.358. The molecule has 0 unspecified atom stereocenters. The molecule has 0 aliphatic rings. The van der Waals surface area contributed by atoms with Crippen LogP contribution in [-0.4, -0.2) is 9.97 Å². The Kier molecular flexibility index (Phi) is 2.90. The summed E-state index contributed by atoms with van der Waals surface area (Å²) in [5.41, 5.74) is 7.18. The minimum Gasteiger partial charge on any atom is -0.399 e. The number of benzene rings is 1. The van der Waals surface area contributed by atoms with Gasteiger partial charge in [-0.15, -0.1) is 0 Å². The summed E-state index contributed by atoms with van der Waals surface area (Å²) in [5.74, 6) is -0.358. The molecule has 3 aromatic rings. The van der Waals surface area contributed by atoms with Crippen LogP contribution >= 0.6 is 33.9 Å². The number of halogens is 2. The molecule has 0 atom stereocenters. The fourth-order valence-corrected chi connectivity index (χ4v) is 3.16. The predicted octanol–water partition coefficient (Wildman–Crippen LogP) is 3.68. The van der Waals surface area contributed by atoms with Crippen molar-refractivity contribution in [3.05, 3.63) is 39.8 Å². The van der Waals surface area contributed by atoms with Crippen molar-refractivity contribution in [1.82, 2.24) is 9.97 Å². The molecule has 0 amide bonds. The highest BCUT2D eigenvalue weighted by atomic mass is 127. The Balaban J connectivity index is 2.19. The minimum absolute atomic E-state index is 0.358. The second kappa shape index (κ2) is 4.43. The number of aromatic nitrogens is 2. The Bertz CT molecular complexity index is 741. The van der Waals surface area contributed by atoms with Crippen molar-refractivity contribution < 1.29 is 4.39 Å². The Hall–Kier alpha value is -1.28. The van der Waals surface area contributed by atoms with Crippen LogP contribution in [0.15, 0.2) is 30.3 Å². The number of thiazole rings is 1. The number of hydrogen-bond donors (Lipinski definition) is 1. The molecular formula is C12H7FIN3S. The fraction of sp³-hybridized carbons (Fsp3) is 0. The molecule has 2 aromatic heterocycles. The Morgan fingerprint density at radius 2 is 2.00 bits per heavy atom. The first kappa shape index (κ1) is 11.8. The standard InChI is InChI=1S/C12H7FIN3S/c13-8-5-6(15)1-2-7(8)11-16-9-3-4-10(14)17-12(9)18-11/h1-5H,15H2. The first-order valence-electron chi connectivity index (χ1n) is 5.12. The zero-order valence-electron chi connectivity index (χ0n) is 9.02. The monoisotopic (exact) mass is 371 g/mol. The van der Waals surface area contributed by atoms with Gasteiger partial charge in [0.25, 0.3) is 0 Å². The van der Waals surface area contributed by atoms with Crippen LogP contribution in [0.4, 0.5) is 10.1 Å². The first-order valence-corrected chi connectivity index (χ1v) is 7.01. The normalized spacial score (nSPS) is 11.0. The molecule has 3 nitrogen and oxygen atoms in total. The molecule has 0 bridgehead atoms. The zero-order valence-corrected chi connectivity index (χ0v) is 12.0. The van der Waals surface area contributed by atoms with Gasteiger partial charge in [0.05, 0.1) is 0 Å². The van der Waals surface area contributed by atoms with E-state index in [9.17, 15) is 4.39 Å². The van der Waals surface area contributed by atoms with Gasteiger partial charge in [-0.2, -0.15) is 0 Å². The average Bonchev–Trinajstić information content (AvgIpc) is 2.71. The van der Waals surface area contributed by atoms with E-state index in [-0.39, 0.29) is 5.82 Å². The SMILES string of the molecule is Nc1ccc(-c2nc3ccc(I)nc3s2)c(F)c1. The lowest BCUT2D eigenvalue weighted by molar-refractivity contribution is 0.632. The lowest BCUT2D eigenvalue weighted by atomic mass is 10.2. The van der Waals surface area contributed by atoms with E-state index >= 15 is 0 Å². The van der Waals surface area contributed by atoms with Gasteiger partial charge >= 0.3 is 0 Å². The number of nitrogens with zero attached hydrogens (tertiary/aromatic N) is 2. The number of pyridine rings is 1. The van der Waals surface area contributed by atoms with Crippen molar-refractivity contribution in [3.8, 4) is 10.6 Å². The Labute approximate surface area is 120 Å². The van der Waals surface area contributed by atoms with Gasteiger partial charge < -0.3 is 5.73 Å². The van der Waals surface area contributed by atoms with Gasteiger partial charge in [-0.3, -0.25) is 0 Å². The van der Waals surface area contributed by atoms with Gasteiger partial charge in [0.1, 0.15) is 24.9 Å². The average molecular weight is 371 g/mol. The van der Waals surface area contributed by atoms with Crippen LogP contribution in [0.1, 0.15) is 0 Å². The molecule has 2 N–H and O–H groups in total. The summed E-state index contributed by atoms with van der Waals surface area (Å²) >= 11 is 3.52. The number of rotatable bonds is 1. The molecule has 0 aliphatic heterocycles. The van der Waals surface area contributed by atoms with E-state index in [0.29, 0.717) is 16.3 Å². The summed E-state index contributed by atoms with van der Waals surface area (Å²) in [7, 11) is 0. The van der Waals surface area contributed by atoms with Gasteiger partial charge in [-0.05, 0) is 52.9 Å². The fourth-order valence-electron chi connectivity index (χ4n) is 1.61. The second-order valence-corrected chi connectivity index (χ2v) is 5.80. The maximum absolute atomic E-state index is 13.8. The number of hydrogen-bond acceptors (Lipinski definition) is 4. The quantitative estimate of drug-likeness (QED) is 0.403. The molecule has 3 rings (SSSR count). The van der Waals surface area contributed by atoms with E-state index in [4.69, 9.17) is 5.73 Å². The van der Waals surface area contributed by atoms with Crippen LogP contribution in [0.25, 0.3) is 20.9 Å². The molecule has 90 valence electrons. The maximum Gasteiger partial charge on any atom is 0.145 e. The molecule has 0 fully saturated rings. The van der Waals surface area contributed by atoms with Crippen molar-refractivity contribution in [2.75, 3.05) is 5.73 Å². The summed E-state index contributed by atoms with van der Waals surface area (Å²) in [4.78, 5) is 9.56. The smallest absolute Gasteiger partial charge is 0.145 e. The third kappa shape index (κ3) is 2.05.